The van der Waals surface area contributed by atoms with Crippen LogP contribution in [-0.2, 0) is 6.18 Å². The van der Waals surface area contributed by atoms with Crippen LogP contribution < -0.4 is 10.6 Å². The van der Waals surface area contributed by atoms with E-state index >= 15 is 0 Å². The minimum absolute atomic E-state index is 0.0966. The van der Waals surface area contributed by atoms with Crippen LogP contribution in [-0.4, -0.2) is 19.1 Å². The van der Waals surface area contributed by atoms with Crippen molar-refractivity contribution in [2.75, 3.05) is 18.0 Å². The molecule has 2 unspecified atom stereocenters. The van der Waals surface area contributed by atoms with E-state index in [1.54, 1.807) is 12.1 Å². The summed E-state index contributed by atoms with van der Waals surface area (Å²) >= 11 is 0. The van der Waals surface area contributed by atoms with Crippen molar-refractivity contribution in [1.82, 2.24) is 0 Å². The highest BCUT2D eigenvalue weighted by molar-refractivity contribution is 5.55. The first kappa shape index (κ1) is 14.2. The third-order valence-electron chi connectivity index (χ3n) is 3.87. The summed E-state index contributed by atoms with van der Waals surface area (Å²) in [4.78, 5) is 1.82. The molecule has 1 heterocycles. The van der Waals surface area contributed by atoms with Gasteiger partial charge in [0.1, 0.15) is 0 Å². The van der Waals surface area contributed by atoms with Crippen molar-refractivity contribution in [3.8, 4) is 0 Å². The Morgan fingerprint density at radius 2 is 2.00 bits per heavy atom. The van der Waals surface area contributed by atoms with E-state index in [0.717, 1.165) is 18.9 Å². The number of hydrogen-bond acceptors (Lipinski definition) is 2. The Morgan fingerprint density at radius 1 is 1.32 bits per heavy atom. The molecule has 0 spiro atoms. The van der Waals surface area contributed by atoms with Crippen molar-refractivity contribution in [1.29, 1.82) is 0 Å². The van der Waals surface area contributed by atoms with Crippen LogP contribution >= 0.6 is 0 Å². The van der Waals surface area contributed by atoms with E-state index < -0.39 is 11.7 Å². The average molecular weight is 272 g/mol. The second-order valence-corrected chi connectivity index (χ2v) is 5.08. The van der Waals surface area contributed by atoms with Gasteiger partial charge in [-0.25, -0.2) is 0 Å². The number of hydrogen-bond donors (Lipinski definition) is 1. The first-order chi connectivity index (χ1) is 8.93. The second-order valence-electron chi connectivity index (χ2n) is 5.08. The monoisotopic (exact) mass is 272 g/mol. The lowest BCUT2D eigenvalue weighted by Gasteiger charge is -2.38. The molecule has 0 amide bonds. The number of piperidine rings is 1. The minimum atomic E-state index is -4.31. The maximum atomic E-state index is 13.0. The molecule has 0 aliphatic carbocycles. The third kappa shape index (κ3) is 3.03. The standard InChI is InChI=1S/C14H19F3N2/c1-2-10-9-19(8-7-12(10)18)13-6-4-3-5-11(13)14(15,16)17/h3-6,10,12H,2,7-9,18H2,1H3. The van der Waals surface area contributed by atoms with E-state index in [-0.39, 0.29) is 17.6 Å². The van der Waals surface area contributed by atoms with E-state index in [9.17, 15) is 13.2 Å². The van der Waals surface area contributed by atoms with E-state index in [4.69, 9.17) is 5.73 Å². The van der Waals surface area contributed by atoms with Crippen molar-refractivity contribution >= 4 is 5.69 Å². The summed E-state index contributed by atoms with van der Waals surface area (Å²) in [5.74, 6) is 0.259. The quantitative estimate of drug-likeness (QED) is 0.895. The SMILES string of the molecule is CCC1CN(c2ccccc2C(F)(F)F)CCC1N. The van der Waals surface area contributed by atoms with Crippen LogP contribution in [0, 0.1) is 5.92 Å². The van der Waals surface area contributed by atoms with Gasteiger partial charge in [0.2, 0.25) is 0 Å². The van der Waals surface area contributed by atoms with E-state index in [1.165, 1.54) is 6.07 Å². The molecule has 1 aromatic carbocycles. The molecule has 0 aromatic heterocycles. The molecule has 1 fully saturated rings. The number of anilines is 1. The highest BCUT2D eigenvalue weighted by atomic mass is 19.4. The van der Waals surface area contributed by atoms with Gasteiger partial charge in [0.05, 0.1) is 5.56 Å². The van der Waals surface area contributed by atoms with Crippen LogP contribution in [0.3, 0.4) is 0 Å². The van der Waals surface area contributed by atoms with Crippen molar-refractivity contribution in [2.45, 2.75) is 32.0 Å². The van der Waals surface area contributed by atoms with Crippen molar-refractivity contribution in [3.63, 3.8) is 0 Å². The molecule has 106 valence electrons. The summed E-state index contributed by atoms with van der Waals surface area (Å²) in [6.07, 6.45) is -2.67. The lowest BCUT2D eigenvalue weighted by Crippen LogP contribution is -2.47. The molecule has 1 aromatic rings. The fraction of sp³-hybridized carbons (Fsp3) is 0.571. The summed E-state index contributed by atoms with van der Waals surface area (Å²) in [6.45, 7) is 3.22. The minimum Gasteiger partial charge on any atom is -0.371 e. The van der Waals surface area contributed by atoms with Gasteiger partial charge < -0.3 is 10.6 Å². The molecule has 0 saturated carbocycles. The Hall–Kier alpha value is -1.23. The predicted molar refractivity (Wildman–Crippen MR) is 70.0 cm³/mol. The molecule has 1 aliphatic heterocycles. The molecular weight excluding hydrogens is 253 g/mol. The Morgan fingerprint density at radius 3 is 2.63 bits per heavy atom. The highest BCUT2D eigenvalue weighted by Gasteiger charge is 2.36. The van der Waals surface area contributed by atoms with Crippen LogP contribution in [0.25, 0.3) is 0 Å². The first-order valence-electron chi connectivity index (χ1n) is 6.60. The summed E-state index contributed by atoms with van der Waals surface area (Å²) < 4.78 is 39.0. The Balaban J connectivity index is 2.27. The van der Waals surface area contributed by atoms with Crippen molar-refractivity contribution in [2.24, 2.45) is 11.7 Å². The zero-order valence-electron chi connectivity index (χ0n) is 11.0. The number of para-hydroxylation sites is 1. The lowest BCUT2D eigenvalue weighted by molar-refractivity contribution is -0.137. The number of benzene rings is 1. The Labute approximate surface area is 111 Å². The summed E-state index contributed by atoms with van der Waals surface area (Å²) in [5, 5.41) is 0. The van der Waals surface area contributed by atoms with Crippen molar-refractivity contribution in [3.05, 3.63) is 29.8 Å². The molecule has 2 atom stereocenters. The summed E-state index contributed by atoms with van der Waals surface area (Å²) in [6, 6.07) is 5.87. The number of halogens is 3. The van der Waals surface area contributed by atoms with E-state index in [1.807, 2.05) is 11.8 Å². The zero-order chi connectivity index (χ0) is 14.0. The van der Waals surface area contributed by atoms with Crippen LogP contribution in [0.5, 0.6) is 0 Å². The molecule has 19 heavy (non-hydrogen) atoms. The van der Waals surface area contributed by atoms with Gasteiger partial charge >= 0.3 is 6.18 Å². The van der Waals surface area contributed by atoms with Crippen LogP contribution in [0.15, 0.2) is 24.3 Å². The Kier molecular flexibility index (Phi) is 4.04. The van der Waals surface area contributed by atoms with E-state index in [2.05, 4.69) is 0 Å². The maximum Gasteiger partial charge on any atom is 0.418 e. The maximum absolute atomic E-state index is 13.0. The van der Waals surface area contributed by atoms with E-state index in [0.29, 0.717) is 13.1 Å². The predicted octanol–water partition coefficient (Wildman–Crippen LogP) is 3.27. The highest BCUT2D eigenvalue weighted by Crippen LogP contribution is 2.37. The average Bonchev–Trinajstić information content (AvgIpc) is 2.38. The molecule has 1 aliphatic rings. The molecular formula is C14H19F3N2. The van der Waals surface area contributed by atoms with Gasteiger partial charge in [0, 0.05) is 24.8 Å². The molecule has 2 rings (SSSR count). The van der Waals surface area contributed by atoms with Gasteiger partial charge in [0.15, 0.2) is 0 Å². The summed E-state index contributed by atoms with van der Waals surface area (Å²) in [5.41, 5.74) is 5.73. The van der Waals surface area contributed by atoms with Crippen LogP contribution in [0.1, 0.15) is 25.3 Å². The van der Waals surface area contributed by atoms with Crippen molar-refractivity contribution < 1.29 is 13.2 Å². The molecule has 5 heteroatoms. The molecule has 2 nitrogen and oxygen atoms in total. The fourth-order valence-corrected chi connectivity index (χ4v) is 2.69. The third-order valence-corrected chi connectivity index (χ3v) is 3.87. The van der Waals surface area contributed by atoms with Gasteiger partial charge in [-0.1, -0.05) is 25.5 Å². The van der Waals surface area contributed by atoms with Gasteiger partial charge in [-0.3, -0.25) is 0 Å². The Bertz CT molecular complexity index is 431. The molecule has 2 N–H and O–H groups in total. The zero-order valence-corrected chi connectivity index (χ0v) is 11.0. The van der Waals surface area contributed by atoms with Crippen LogP contribution in [0.4, 0.5) is 18.9 Å². The lowest BCUT2D eigenvalue weighted by atomic mass is 9.90. The number of nitrogens with zero attached hydrogens (tertiary/aromatic N) is 1. The molecule has 0 bridgehead atoms. The largest absolute Gasteiger partial charge is 0.418 e. The van der Waals surface area contributed by atoms with Gasteiger partial charge in [-0.15, -0.1) is 0 Å². The fourth-order valence-electron chi connectivity index (χ4n) is 2.69. The normalized spacial score (nSPS) is 24.6. The smallest absolute Gasteiger partial charge is 0.371 e. The topological polar surface area (TPSA) is 29.3 Å². The molecule has 1 saturated heterocycles. The molecule has 0 radical (unpaired) electrons. The second kappa shape index (κ2) is 5.41. The van der Waals surface area contributed by atoms with Gasteiger partial charge in [-0.2, -0.15) is 13.2 Å². The van der Waals surface area contributed by atoms with Gasteiger partial charge in [0.25, 0.3) is 0 Å². The first-order valence-corrected chi connectivity index (χ1v) is 6.60. The van der Waals surface area contributed by atoms with Crippen LogP contribution in [0.2, 0.25) is 0 Å². The summed E-state index contributed by atoms with van der Waals surface area (Å²) in [7, 11) is 0. The van der Waals surface area contributed by atoms with Gasteiger partial charge in [-0.05, 0) is 24.5 Å². The number of rotatable bonds is 2. The number of nitrogens with two attached hydrogens (primary N) is 1. The number of alkyl halides is 3.